The van der Waals surface area contributed by atoms with Gasteiger partial charge in [0.15, 0.2) is 0 Å². The van der Waals surface area contributed by atoms with Crippen molar-refractivity contribution >= 4 is 17.7 Å². The molecule has 0 fully saturated rings. The molecule has 0 radical (unpaired) electrons. The van der Waals surface area contributed by atoms with Gasteiger partial charge in [0.2, 0.25) is 0 Å². The monoisotopic (exact) mass is 270 g/mol. The zero-order valence-electron chi connectivity index (χ0n) is 10.9. The van der Waals surface area contributed by atoms with Crippen LogP contribution >= 0.6 is 0 Å². The predicted molar refractivity (Wildman–Crippen MR) is 81.7 cm³/mol. The summed E-state index contributed by atoms with van der Waals surface area (Å²) in [7, 11) is 0. The van der Waals surface area contributed by atoms with Crippen molar-refractivity contribution in [3.63, 3.8) is 0 Å². The summed E-state index contributed by atoms with van der Waals surface area (Å²) in [5.74, 6) is 0.00138. The Kier molecular flexibility index (Phi) is 4.17. The van der Waals surface area contributed by atoms with Gasteiger partial charge in [0, 0.05) is 23.7 Å². The van der Waals surface area contributed by atoms with Crippen molar-refractivity contribution < 1.29 is 0 Å². The molecule has 1 aromatic rings. The van der Waals surface area contributed by atoms with Crippen LogP contribution in [0.1, 0.15) is 5.56 Å². The molecule has 0 bridgehead atoms. The van der Waals surface area contributed by atoms with E-state index in [-0.39, 0.29) is 17.8 Å². The Morgan fingerprint density at radius 3 is 2.45 bits per heavy atom. The highest BCUT2D eigenvalue weighted by Gasteiger charge is 2.14. The fourth-order valence-electron chi connectivity index (χ4n) is 1.84. The molecular formula is C14H18N6. The lowest BCUT2D eigenvalue weighted by Crippen LogP contribution is -2.33. The van der Waals surface area contributed by atoms with Crippen molar-refractivity contribution in [3.8, 4) is 0 Å². The number of hydrogen-bond acceptors (Lipinski definition) is 5. The third-order valence-electron chi connectivity index (χ3n) is 3.05. The van der Waals surface area contributed by atoms with E-state index in [1.165, 1.54) is 6.21 Å². The van der Waals surface area contributed by atoms with Crippen LogP contribution in [0, 0.1) is 16.7 Å². The van der Waals surface area contributed by atoms with Crippen LogP contribution < -0.4 is 22.3 Å². The molecule has 0 amide bonds. The Bertz CT molecular complexity index is 558. The van der Waals surface area contributed by atoms with E-state index in [0.717, 1.165) is 11.4 Å². The van der Waals surface area contributed by atoms with Crippen molar-refractivity contribution in [3.05, 3.63) is 53.8 Å². The highest BCUT2D eigenvalue weighted by molar-refractivity contribution is 5.95. The molecular weight excluding hydrogens is 252 g/mol. The van der Waals surface area contributed by atoms with Gasteiger partial charge >= 0.3 is 0 Å². The Morgan fingerprint density at radius 2 is 1.90 bits per heavy atom. The number of hydrogen-bond donors (Lipinski definition) is 6. The number of allylic oxidation sites excluding steroid dienone is 1. The number of nitrogens with one attached hydrogen (secondary N) is 4. The quantitative estimate of drug-likeness (QED) is 0.270. The van der Waals surface area contributed by atoms with Crippen molar-refractivity contribution in [2.45, 2.75) is 6.04 Å². The van der Waals surface area contributed by atoms with E-state index in [9.17, 15) is 0 Å². The summed E-state index contributed by atoms with van der Waals surface area (Å²) in [5, 5.41) is 14.6. The van der Waals surface area contributed by atoms with Crippen molar-refractivity contribution in [2.24, 2.45) is 17.4 Å². The topological polar surface area (TPSA) is 124 Å². The maximum Gasteiger partial charge on any atom is 0.122 e. The van der Waals surface area contributed by atoms with Gasteiger partial charge in [-0.05, 0) is 36.4 Å². The molecule has 20 heavy (non-hydrogen) atoms. The standard InChI is InChI=1S/C14H18N6/c15-8-10-3-6-12(7-13(10)16)20-19-11-4-1-9(2-5-11)14(17)18/h1-8,10,13,15,19-20H,16H2,(H3,17,18). The molecule has 0 saturated carbocycles. The van der Waals surface area contributed by atoms with Crippen LogP contribution in [0.2, 0.25) is 0 Å². The summed E-state index contributed by atoms with van der Waals surface area (Å²) in [6.07, 6.45) is 6.98. The van der Waals surface area contributed by atoms with Crippen LogP contribution in [0.3, 0.4) is 0 Å². The third kappa shape index (κ3) is 3.24. The second-order valence-electron chi connectivity index (χ2n) is 4.54. The van der Waals surface area contributed by atoms with Gasteiger partial charge in [0.25, 0.3) is 0 Å². The number of rotatable bonds is 5. The van der Waals surface area contributed by atoms with E-state index in [1.54, 1.807) is 12.1 Å². The second kappa shape index (κ2) is 6.03. The number of hydrazine groups is 1. The van der Waals surface area contributed by atoms with Crippen molar-refractivity contribution in [1.29, 1.82) is 10.8 Å². The lowest BCUT2D eigenvalue weighted by molar-refractivity contribution is 0.710. The number of benzene rings is 1. The molecule has 104 valence electrons. The van der Waals surface area contributed by atoms with Gasteiger partial charge in [-0.25, -0.2) is 0 Å². The van der Waals surface area contributed by atoms with Crippen LogP contribution in [-0.2, 0) is 0 Å². The maximum absolute atomic E-state index is 7.32. The molecule has 0 aliphatic heterocycles. The smallest absolute Gasteiger partial charge is 0.122 e. The number of nitrogens with two attached hydrogens (primary N) is 2. The average Bonchev–Trinajstić information content (AvgIpc) is 2.45. The fraction of sp³-hybridized carbons (Fsp3) is 0.143. The molecule has 0 aromatic heterocycles. The minimum Gasteiger partial charge on any atom is -0.384 e. The lowest BCUT2D eigenvalue weighted by atomic mass is 9.96. The molecule has 1 aliphatic carbocycles. The van der Waals surface area contributed by atoms with E-state index < -0.39 is 0 Å². The van der Waals surface area contributed by atoms with Crippen molar-refractivity contribution in [2.75, 3.05) is 5.43 Å². The van der Waals surface area contributed by atoms with E-state index in [2.05, 4.69) is 10.9 Å². The van der Waals surface area contributed by atoms with Crippen LogP contribution in [0.15, 0.2) is 48.2 Å². The zero-order chi connectivity index (χ0) is 14.5. The first-order chi connectivity index (χ1) is 9.60. The van der Waals surface area contributed by atoms with Crippen molar-refractivity contribution in [1.82, 2.24) is 5.43 Å². The van der Waals surface area contributed by atoms with Gasteiger partial charge in [0.05, 0.1) is 11.4 Å². The molecule has 1 aliphatic rings. The maximum atomic E-state index is 7.32. The second-order valence-corrected chi connectivity index (χ2v) is 4.54. The van der Waals surface area contributed by atoms with E-state index in [1.807, 2.05) is 30.4 Å². The molecule has 6 nitrogen and oxygen atoms in total. The van der Waals surface area contributed by atoms with Gasteiger partial charge < -0.3 is 27.7 Å². The summed E-state index contributed by atoms with van der Waals surface area (Å²) in [4.78, 5) is 0. The highest BCUT2D eigenvalue weighted by Crippen LogP contribution is 2.13. The van der Waals surface area contributed by atoms with E-state index in [0.29, 0.717) is 5.56 Å². The SMILES string of the molecule is N=CC1C=CC(NNc2ccc(C(=N)N)cc2)=CC1N. The third-order valence-corrected chi connectivity index (χ3v) is 3.05. The van der Waals surface area contributed by atoms with E-state index >= 15 is 0 Å². The Hall–Kier alpha value is -2.60. The summed E-state index contributed by atoms with van der Waals surface area (Å²) >= 11 is 0. The van der Waals surface area contributed by atoms with E-state index in [4.69, 9.17) is 22.3 Å². The van der Waals surface area contributed by atoms with Crippen LogP contribution in [0.25, 0.3) is 0 Å². The van der Waals surface area contributed by atoms with Crippen LogP contribution in [0.5, 0.6) is 0 Å². The molecule has 6 heteroatoms. The molecule has 2 atom stereocenters. The summed E-state index contributed by atoms with van der Waals surface area (Å²) in [5.41, 5.74) is 19.8. The molecule has 1 aromatic carbocycles. The molecule has 0 spiro atoms. The summed E-state index contributed by atoms with van der Waals surface area (Å²) in [6, 6.07) is 7.01. The first-order valence-corrected chi connectivity index (χ1v) is 6.23. The molecule has 0 saturated heterocycles. The van der Waals surface area contributed by atoms with Gasteiger partial charge in [-0.15, -0.1) is 0 Å². The summed E-state index contributed by atoms with van der Waals surface area (Å²) in [6.45, 7) is 0. The minimum absolute atomic E-state index is 0.0459. The van der Waals surface area contributed by atoms with Gasteiger partial charge in [0.1, 0.15) is 5.84 Å². The van der Waals surface area contributed by atoms with Crippen LogP contribution in [0.4, 0.5) is 5.69 Å². The van der Waals surface area contributed by atoms with Gasteiger partial charge in [-0.2, -0.15) is 0 Å². The summed E-state index contributed by atoms with van der Waals surface area (Å²) < 4.78 is 0. The van der Waals surface area contributed by atoms with Crippen LogP contribution in [-0.4, -0.2) is 18.1 Å². The predicted octanol–water partition coefficient (Wildman–Crippen LogP) is 0.934. The normalized spacial score (nSPS) is 20.9. The lowest BCUT2D eigenvalue weighted by Gasteiger charge is -2.20. The Balaban J connectivity index is 1.94. The molecule has 8 N–H and O–H groups in total. The Morgan fingerprint density at radius 1 is 1.20 bits per heavy atom. The highest BCUT2D eigenvalue weighted by atomic mass is 15.4. The first-order valence-electron chi connectivity index (χ1n) is 6.23. The number of anilines is 1. The number of nitrogen functional groups attached to an aromatic ring is 1. The minimum atomic E-state index is -0.193. The number of amidine groups is 1. The first kappa shape index (κ1) is 13.8. The molecule has 0 heterocycles. The molecule has 2 rings (SSSR count). The molecule has 2 unspecified atom stereocenters. The van der Waals surface area contributed by atoms with Gasteiger partial charge in [-0.3, -0.25) is 5.41 Å². The zero-order valence-corrected chi connectivity index (χ0v) is 10.9. The fourth-order valence-corrected chi connectivity index (χ4v) is 1.84. The largest absolute Gasteiger partial charge is 0.384 e. The Labute approximate surface area is 117 Å². The van der Waals surface area contributed by atoms with Gasteiger partial charge in [-0.1, -0.05) is 6.08 Å². The average molecular weight is 270 g/mol.